The quantitative estimate of drug-likeness (QED) is 0.731. The van der Waals surface area contributed by atoms with Crippen LogP contribution in [0.25, 0.3) is 11.0 Å². The number of anilines is 1. The summed E-state index contributed by atoms with van der Waals surface area (Å²) < 4.78 is 0.900. The molecule has 0 saturated carbocycles. The Hall–Kier alpha value is -1.53. The smallest absolute Gasteiger partial charge is 0.173 e. The Kier molecular flexibility index (Phi) is 2.30. The molecule has 0 unspecified atom stereocenters. The van der Waals surface area contributed by atoms with Crippen molar-refractivity contribution in [2.75, 3.05) is 5.73 Å². The Labute approximate surface area is 99.9 Å². The normalized spacial score (nSPS) is 11.0. The summed E-state index contributed by atoms with van der Waals surface area (Å²) in [7, 11) is 0. The van der Waals surface area contributed by atoms with Crippen molar-refractivity contribution in [2.24, 2.45) is 0 Å². The third-order valence-corrected chi connectivity index (χ3v) is 3.84. The highest BCUT2D eigenvalue weighted by Gasteiger charge is 2.06. The molecule has 1 aromatic carbocycles. The van der Waals surface area contributed by atoms with Crippen LogP contribution in [0.3, 0.4) is 0 Å². The van der Waals surface area contributed by atoms with Gasteiger partial charge in [0.15, 0.2) is 9.50 Å². The zero-order valence-electron chi connectivity index (χ0n) is 8.18. The van der Waals surface area contributed by atoms with E-state index in [9.17, 15) is 0 Å². The Balaban J connectivity index is 1.95. The van der Waals surface area contributed by atoms with Crippen molar-refractivity contribution in [2.45, 2.75) is 9.50 Å². The zero-order chi connectivity index (χ0) is 11.0. The number of hydrogen-bond acceptors (Lipinski definition) is 5. The van der Waals surface area contributed by atoms with Gasteiger partial charge in [0.1, 0.15) is 5.00 Å². The molecule has 6 heteroatoms. The van der Waals surface area contributed by atoms with E-state index in [4.69, 9.17) is 5.73 Å². The van der Waals surface area contributed by atoms with E-state index in [2.05, 4.69) is 15.0 Å². The average Bonchev–Trinajstić information content (AvgIpc) is 2.84. The first kappa shape index (κ1) is 9.68. The summed E-state index contributed by atoms with van der Waals surface area (Å²) in [6.07, 6.45) is 1.66. The molecule has 0 aliphatic carbocycles. The van der Waals surface area contributed by atoms with Gasteiger partial charge in [-0.15, -0.1) is 0 Å². The zero-order valence-corrected chi connectivity index (χ0v) is 9.81. The largest absolute Gasteiger partial charge is 0.389 e. The molecule has 0 bridgehead atoms. The second-order valence-electron chi connectivity index (χ2n) is 3.19. The van der Waals surface area contributed by atoms with E-state index in [-0.39, 0.29) is 0 Å². The summed E-state index contributed by atoms with van der Waals surface area (Å²) in [6, 6.07) is 7.93. The van der Waals surface area contributed by atoms with Gasteiger partial charge in [0.05, 0.1) is 17.2 Å². The van der Waals surface area contributed by atoms with Crippen LogP contribution in [0, 0.1) is 0 Å². The summed E-state index contributed by atoms with van der Waals surface area (Å²) in [4.78, 5) is 11.9. The molecule has 3 rings (SSSR count). The summed E-state index contributed by atoms with van der Waals surface area (Å²) in [5, 5.41) is 1.56. The van der Waals surface area contributed by atoms with E-state index >= 15 is 0 Å². The SMILES string of the molecule is Nc1cnc(Sc2nc3ccccc3[nH]2)s1. The lowest BCUT2D eigenvalue weighted by molar-refractivity contribution is 1.07. The van der Waals surface area contributed by atoms with Gasteiger partial charge < -0.3 is 10.7 Å². The number of imidazole rings is 1. The molecule has 2 aromatic heterocycles. The molecule has 0 atom stereocenters. The summed E-state index contributed by atoms with van der Waals surface area (Å²) in [5.41, 5.74) is 7.62. The van der Waals surface area contributed by atoms with Gasteiger partial charge in [0, 0.05) is 0 Å². The first-order valence-electron chi connectivity index (χ1n) is 4.65. The summed E-state index contributed by atoms with van der Waals surface area (Å²) in [6.45, 7) is 0. The number of para-hydroxylation sites is 2. The highest BCUT2D eigenvalue weighted by molar-refractivity contribution is 8.00. The predicted octanol–water partition coefficient (Wildman–Crippen LogP) is 2.75. The maximum absolute atomic E-state index is 5.62. The van der Waals surface area contributed by atoms with E-state index in [1.54, 1.807) is 6.20 Å². The van der Waals surface area contributed by atoms with Gasteiger partial charge in [-0.2, -0.15) is 0 Å². The van der Waals surface area contributed by atoms with E-state index in [1.165, 1.54) is 23.1 Å². The molecular formula is C10H8N4S2. The minimum Gasteiger partial charge on any atom is -0.389 e. The molecule has 0 amide bonds. The second-order valence-corrected chi connectivity index (χ2v) is 5.49. The molecular weight excluding hydrogens is 240 g/mol. The standard InChI is InChI=1S/C10H8N4S2/c11-8-5-12-10(15-8)16-9-13-6-3-1-2-4-7(6)14-9/h1-5H,11H2,(H,13,14). The maximum Gasteiger partial charge on any atom is 0.173 e. The number of hydrogen-bond donors (Lipinski definition) is 2. The molecule has 2 heterocycles. The van der Waals surface area contributed by atoms with Crippen LogP contribution in [0.2, 0.25) is 0 Å². The van der Waals surface area contributed by atoms with Crippen LogP contribution >= 0.6 is 23.1 Å². The number of nitrogens with one attached hydrogen (secondary N) is 1. The van der Waals surface area contributed by atoms with E-state index < -0.39 is 0 Å². The minimum atomic E-state index is 0.721. The fourth-order valence-corrected chi connectivity index (χ4v) is 3.06. The molecule has 0 saturated heterocycles. The van der Waals surface area contributed by atoms with Crippen LogP contribution in [0.1, 0.15) is 0 Å². The number of aromatic nitrogens is 3. The van der Waals surface area contributed by atoms with E-state index in [1.807, 2.05) is 24.3 Å². The summed E-state index contributed by atoms with van der Waals surface area (Å²) in [5.74, 6) is 0. The van der Waals surface area contributed by atoms with Crippen LogP contribution in [-0.4, -0.2) is 15.0 Å². The highest BCUT2D eigenvalue weighted by atomic mass is 32.2. The number of nitrogens with zero attached hydrogens (tertiary/aromatic N) is 2. The van der Waals surface area contributed by atoms with Gasteiger partial charge in [0.25, 0.3) is 0 Å². The van der Waals surface area contributed by atoms with Crippen molar-refractivity contribution in [1.82, 2.24) is 15.0 Å². The van der Waals surface area contributed by atoms with Gasteiger partial charge in [0.2, 0.25) is 0 Å². The molecule has 0 radical (unpaired) electrons. The lowest BCUT2D eigenvalue weighted by atomic mass is 10.3. The van der Waals surface area contributed by atoms with Gasteiger partial charge in [-0.25, -0.2) is 9.97 Å². The van der Waals surface area contributed by atoms with Crippen LogP contribution < -0.4 is 5.73 Å². The van der Waals surface area contributed by atoms with Gasteiger partial charge in [-0.3, -0.25) is 0 Å². The number of aromatic amines is 1. The fraction of sp³-hybridized carbons (Fsp3) is 0. The number of nitrogen functional groups attached to an aromatic ring is 1. The molecule has 80 valence electrons. The Morgan fingerprint density at radius 2 is 2.19 bits per heavy atom. The number of benzene rings is 1. The van der Waals surface area contributed by atoms with E-state index in [0.29, 0.717) is 0 Å². The molecule has 16 heavy (non-hydrogen) atoms. The number of nitrogens with two attached hydrogens (primary N) is 1. The number of fused-ring (bicyclic) bond motifs is 1. The predicted molar refractivity (Wildman–Crippen MR) is 66.7 cm³/mol. The molecule has 3 aromatic rings. The Morgan fingerprint density at radius 3 is 2.94 bits per heavy atom. The number of thiazole rings is 1. The van der Waals surface area contributed by atoms with Gasteiger partial charge in [-0.05, 0) is 23.9 Å². The van der Waals surface area contributed by atoms with Crippen molar-refractivity contribution in [3.63, 3.8) is 0 Å². The summed E-state index contributed by atoms with van der Waals surface area (Å²) >= 11 is 2.96. The van der Waals surface area contributed by atoms with Crippen LogP contribution in [-0.2, 0) is 0 Å². The topological polar surface area (TPSA) is 67.6 Å². The minimum absolute atomic E-state index is 0.721. The van der Waals surface area contributed by atoms with Crippen molar-refractivity contribution in [3.8, 4) is 0 Å². The van der Waals surface area contributed by atoms with Crippen molar-refractivity contribution < 1.29 is 0 Å². The van der Waals surface area contributed by atoms with Crippen LogP contribution in [0.15, 0.2) is 40.0 Å². The van der Waals surface area contributed by atoms with E-state index in [0.717, 1.165) is 25.5 Å². The molecule has 0 fully saturated rings. The van der Waals surface area contributed by atoms with Crippen molar-refractivity contribution in [1.29, 1.82) is 0 Å². The van der Waals surface area contributed by atoms with Crippen LogP contribution in [0.5, 0.6) is 0 Å². The third kappa shape index (κ3) is 1.77. The van der Waals surface area contributed by atoms with Crippen molar-refractivity contribution in [3.05, 3.63) is 30.5 Å². The fourth-order valence-electron chi connectivity index (χ4n) is 1.38. The lowest BCUT2D eigenvalue weighted by Crippen LogP contribution is -1.73. The number of H-pyrrole nitrogens is 1. The number of rotatable bonds is 2. The lowest BCUT2D eigenvalue weighted by Gasteiger charge is -1.88. The van der Waals surface area contributed by atoms with Crippen LogP contribution in [0.4, 0.5) is 5.00 Å². The first-order chi connectivity index (χ1) is 7.81. The molecule has 0 spiro atoms. The molecule has 3 N–H and O–H groups in total. The maximum atomic E-state index is 5.62. The molecule has 4 nitrogen and oxygen atoms in total. The Morgan fingerprint density at radius 1 is 1.31 bits per heavy atom. The second kappa shape index (κ2) is 3.80. The first-order valence-corrected chi connectivity index (χ1v) is 6.28. The van der Waals surface area contributed by atoms with Gasteiger partial charge in [-0.1, -0.05) is 23.5 Å². The third-order valence-electron chi connectivity index (χ3n) is 2.05. The van der Waals surface area contributed by atoms with Crippen molar-refractivity contribution >= 4 is 39.1 Å². The molecule has 0 aliphatic heterocycles. The Bertz CT molecular complexity index is 595. The monoisotopic (exact) mass is 248 g/mol. The average molecular weight is 248 g/mol. The van der Waals surface area contributed by atoms with Gasteiger partial charge >= 0.3 is 0 Å². The highest BCUT2D eigenvalue weighted by Crippen LogP contribution is 2.31. The molecule has 0 aliphatic rings.